The van der Waals surface area contributed by atoms with Crippen molar-refractivity contribution in [1.82, 2.24) is 18.7 Å². The van der Waals surface area contributed by atoms with Gasteiger partial charge >= 0.3 is 5.69 Å². The molecule has 1 aromatic carbocycles. The number of hydrogen-bond donors (Lipinski definition) is 1. The zero-order chi connectivity index (χ0) is 26.0. The molecule has 1 fully saturated rings. The molecular weight excluding hydrogens is 460 g/mol. The van der Waals surface area contributed by atoms with Gasteiger partial charge in [-0.2, -0.15) is 4.98 Å². The second-order valence-electron chi connectivity index (χ2n) is 9.30. The van der Waals surface area contributed by atoms with E-state index in [9.17, 15) is 14.4 Å². The van der Waals surface area contributed by atoms with Crippen LogP contribution in [0.5, 0.6) is 5.75 Å². The Balaban J connectivity index is 1.81. The van der Waals surface area contributed by atoms with Gasteiger partial charge in [-0.25, -0.2) is 4.79 Å². The first-order chi connectivity index (χ1) is 17.2. The molecule has 0 amide bonds. The molecule has 4 rings (SSSR count). The van der Waals surface area contributed by atoms with Crippen LogP contribution in [0.15, 0.2) is 33.9 Å². The van der Waals surface area contributed by atoms with Crippen LogP contribution in [-0.2, 0) is 20.1 Å². The van der Waals surface area contributed by atoms with Crippen LogP contribution in [0.3, 0.4) is 0 Å². The molecule has 0 saturated carbocycles. The predicted molar refractivity (Wildman–Crippen MR) is 139 cm³/mol. The van der Waals surface area contributed by atoms with Gasteiger partial charge < -0.3 is 15.4 Å². The van der Waals surface area contributed by atoms with E-state index in [0.29, 0.717) is 23.8 Å². The van der Waals surface area contributed by atoms with E-state index in [1.165, 1.54) is 4.57 Å². The van der Waals surface area contributed by atoms with Crippen molar-refractivity contribution < 1.29 is 9.53 Å². The second-order valence-corrected chi connectivity index (χ2v) is 9.30. The van der Waals surface area contributed by atoms with E-state index in [-0.39, 0.29) is 35.6 Å². The highest BCUT2D eigenvalue weighted by atomic mass is 16.5. The summed E-state index contributed by atoms with van der Waals surface area (Å²) in [5, 5.41) is 0. The van der Waals surface area contributed by atoms with Crippen LogP contribution < -0.4 is 26.6 Å². The molecule has 0 aliphatic carbocycles. The van der Waals surface area contributed by atoms with Crippen molar-refractivity contribution in [3.05, 3.63) is 50.7 Å². The number of ether oxygens (including phenoxy) is 1. The quantitative estimate of drug-likeness (QED) is 0.392. The van der Waals surface area contributed by atoms with E-state index in [0.717, 1.165) is 24.0 Å². The lowest BCUT2D eigenvalue weighted by atomic mass is 10.1. The average molecular weight is 493 g/mol. The molecule has 190 valence electrons. The molecule has 0 spiro atoms. The van der Waals surface area contributed by atoms with E-state index in [2.05, 4.69) is 16.8 Å². The van der Waals surface area contributed by atoms with Gasteiger partial charge in [-0.1, -0.05) is 18.1 Å². The summed E-state index contributed by atoms with van der Waals surface area (Å²) in [5.74, 6) is 6.59. The molecule has 1 atom stereocenters. The Labute approximate surface area is 209 Å². The van der Waals surface area contributed by atoms with E-state index in [4.69, 9.17) is 10.5 Å². The molecule has 2 aromatic heterocycles. The van der Waals surface area contributed by atoms with Crippen LogP contribution in [-0.4, -0.2) is 49.7 Å². The van der Waals surface area contributed by atoms with E-state index in [1.54, 1.807) is 42.8 Å². The highest BCUT2D eigenvalue weighted by Gasteiger charge is 2.26. The van der Waals surface area contributed by atoms with E-state index in [1.807, 2.05) is 18.7 Å². The van der Waals surface area contributed by atoms with Crippen LogP contribution in [0.4, 0.5) is 5.95 Å². The third-order valence-corrected chi connectivity index (χ3v) is 6.20. The number of rotatable bonds is 7. The number of carbonyl (C=O) groups excluding carboxylic acids is 1. The maximum atomic E-state index is 13.6. The minimum atomic E-state index is -0.608. The van der Waals surface area contributed by atoms with Crippen molar-refractivity contribution in [2.24, 2.45) is 12.8 Å². The predicted octanol–water partition coefficient (Wildman–Crippen LogP) is 1.52. The number of imidazole rings is 1. The number of aromatic nitrogens is 4. The smallest absolute Gasteiger partial charge is 0.332 e. The third-order valence-electron chi connectivity index (χ3n) is 6.20. The van der Waals surface area contributed by atoms with Crippen molar-refractivity contribution in [3.63, 3.8) is 0 Å². The highest BCUT2D eigenvalue weighted by Crippen LogP contribution is 2.23. The number of aryl methyl sites for hydroxylation is 1. The summed E-state index contributed by atoms with van der Waals surface area (Å²) in [4.78, 5) is 46.7. The minimum Gasteiger partial charge on any atom is -0.491 e. The van der Waals surface area contributed by atoms with Crippen molar-refractivity contribution in [2.75, 3.05) is 18.0 Å². The molecule has 2 N–H and O–H groups in total. The van der Waals surface area contributed by atoms with Crippen molar-refractivity contribution in [1.29, 1.82) is 0 Å². The molecule has 10 heteroatoms. The van der Waals surface area contributed by atoms with Gasteiger partial charge in [-0.05, 0) is 45.7 Å². The molecule has 0 bridgehead atoms. The highest BCUT2D eigenvalue weighted by molar-refractivity contribution is 5.96. The largest absolute Gasteiger partial charge is 0.491 e. The monoisotopic (exact) mass is 492 g/mol. The SMILES string of the molecule is CC#CCn1c(N2CCCC(N)C2)nc2c1c(=O)n(CC(=O)c1cccc(OC(C)C)c1)c(=O)n2C. The lowest BCUT2D eigenvalue weighted by molar-refractivity contribution is 0.0968. The van der Waals surface area contributed by atoms with Crippen molar-refractivity contribution in [3.8, 4) is 17.6 Å². The Morgan fingerprint density at radius 2 is 2.06 bits per heavy atom. The molecular formula is C26H32N6O4. The van der Waals surface area contributed by atoms with Crippen LogP contribution in [0.1, 0.15) is 44.0 Å². The van der Waals surface area contributed by atoms with Gasteiger partial charge in [0.05, 0.1) is 19.2 Å². The van der Waals surface area contributed by atoms with Crippen LogP contribution in [0, 0.1) is 11.8 Å². The summed E-state index contributed by atoms with van der Waals surface area (Å²) in [6.45, 7) is 6.67. The first kappa shape index (κ1) is 25.3. The number of anilines is 1. The fraction of sp³-hybridized carbons (Fsp3) is 0.462. The number of ketones is 1. The van der Waals surface area contributed by atoms with Gasteiger partial charge in [-0.3, -0.25) is 23.3 Å². The van der Waals surface area contributed by atoms with Crippen LogP contribution in [0.2, 0.25) is 0 Å². The van der Waals surface area contributed by atoms with Gasteiger partial charge in [0.1, 0.15) is 5.75 Å². The molecule has 3 heterocycles. The Kier molecular flexibility index (Phi) is 7.31. The lowest BCUT2D eigenvalue weighted by Crippen LogP contribution is -2.44. The number of piperidine rings is 1. The Morgan fingerprint density at radius 3 is 2.75 bits per heavy atom. The van der Waals surface area contributed by atoms with Gasteiger partial charge in [0.15, 0.2) is 16.9 Å². The molecule has 1 unspecified atom stereocenters. The second kappa shape index (κ2) is 10.4. The molecule has 1 aliphatic rings. The summed E-state index contributed by atoms with van der Waals surface area (Å²) in [7, 11) is 1.55. The topological polar surface area (TPSA) is 117 Å². The average Bonchev–Trinajstić information content (AvgIpc) is 3.23. The maximum Gasteiger partial charge on any atom is 0.332 e. The molecule has 0 radical (unpaired) electrons. The number of Topliss-reactive ketones (excluding diaryl/α,β-unsaturated/α-hetero) is 1. The van der Waals surface area contributed by atoms with Gasteiger partial charge in [0, 0.05) is 31.7 Å². The molecule has 1 aliphatic heterocycles. The van der Waals surface area contributed by atoms with E-state index >= 15 is 0 Å². The summed E-state index contributed by atoms with van der Waals surface area (Å²) >= 11 is 0. The normalized spacial score (nSPS) is 15.7. The molecule has 3 aromatic rings. The first-order valence-corrected chi connectivity index (χ1v) is 12.1. The van der Waals surface area contributed by atoms with Gasteiger partial charge in [0.25, 0.3) is 5.56 Å². The number of nitrogens with two attached hydrogens (primary N) is 1. The Morgan fingerprint density at radius 1 is 1.28 bits per heavy atom. The van der Waals surface area contributed by atoms with Crippen molar-refractivity contribution in [2.45, 2.75) is 58.8 Å². The van der Waals surface area contributed by atoms with E-state index < -0.39 is 17.8 Å². The molecule has 10 nitrogen and oxygen atoms in total. The number of carbonyl (C=O) groups is 1. The Hall–Kier alpha value is -3.84. The van der Waals surface area contributed by atoms with Crippen molar-refractivity contribution >= 4 is 22.9 Å². The minimum absolute atomic E-state index is 0.00203. The molecule has 36 heavy (non-hydrogen) atoms. The number of fused-ring (bicyclic) bond motifs is 1. The summed E-state index contributed by atoms with van der Waals surface area (Å²) < 4.78 is 9.68. The number of nitrogens with zero attached hydrogens (tertiary/aromatic N) is 5. The standard InChI is InChI=1S/C26H32N6O4/c1-5-6-13-31-22-23(28-25(31)30-12-8-10-19(27)15-30)29(4)26(35)32(24(22)34)16-21(33)18-9-7-11-20(14-18)36-17(2)3/h7,9,11,14,17,19H,8,10,12-13,15-16,27H2,1-4H3. The van der Waals surface area contributed by atoms with Gasteiger partial charge in [0.2, 0.25) is 5.95 Å². The van der Waals surface area contributed by atoms with Crippen LogP contribution >= 0.6 is 0 Å². The number of hydrogen-bond acceptors (Lipinski definition) is 7. The zero-order valence-electron chi connectivity index (χ0n) is 21.2. The summed E-state index contributed by atoms with van der Waals surface area (Å²) in [6, 6.07) is 6.73. The molecule has 1 saturated heterocycles. The van der Waals surface area contributed by atoms with Crippen LogP contribution in [0.25, 0.3) is 11.2 Å². The van der Waals surface area contributed by atoms with Gasteiger partial charge in [-0.15, -0.1) is 5.92 Å². The fourth-order valence-electron chi connectivity index (χ4n) is 4.49. The maximum absolute atomic E-state index is 13.6. The first-order valence-electron chi connectivity index (χ1n) is 12.1. The Bertz CT molecular complexity index is 1470. The fourth-order valence-corrected chi connectivity index (χ4v) is 4.49. The lowest BCUT2D eigenvalue weighted by Gasteiger charge is -2.31. The third kappa shape index (κ3) is 4.93. The summed E-state index contributed by atoms with van der Waals surface area (Å²) in [6.07, 6.45) is 1.77. The number of benzene rings is 1. The zero-order valence-corrected chi connectivity index (χ0v) is 21.2. The summed E-state index contributed by atoms with van der Waals surface area (Å²) in [5.41, 5.74) is 5.85.